The summed E-state index contributed by atoms with van der Waals surface area (Å²) in [5.74, 6) is 0.661. The highest BCUT2D eigenvalue weighted by atomic mass is 79.9. The molecule has 3 nitrogen and oxygen atoms in total. The maximum atomic E-state index is 5.28. The van der Waals surface area contributed by atoms with Gasteiger partial charge in [0, 0.05) is 13.1 Å². The SMILES string of the molecule is Cc1nc2ccnc(Br)c2o1. The molecule has 11 heavy (non-hydrogen) atoms. The van der Waals surface area contributed by atoms with Gasteiger partial charge in [0.1, 0.15) is 5.52 Å². The molecular weight excluding hydrogens is 208 g/mol. The van der Waals surface area contributed by atoms with E-state index in [9.17, 15) is 0 Å². The second kappa shape index (κ2) is 2.30. The number of hydrogen-bond donors (Lipinski definition) is 0. The first-order valence-electron chi connectivity index (χ1n) is 3.15. The van der Waals surface area contributed by atoms with Crippen LogP contribution in [0.25, 0.3) is 11.1 Å². The number of fused-ring (bicyclic) bond motifs is 1. The van der Waals surface area contributed by atoms with Crippen molar-refractivity contribution in [1.29, 1.82) is 0 Å². The van der Waals surface area contributed by atoms with Gasteiger partial charge in [-0.1, -0.05) is 0 Å². The monoisotopic (exact) mass is 212 g/mol. The molecule has 2 aromatic heterocycles. The maximum Gasteiger partial charge on any atom is 0.192 e. The second-order valence-electron chi connectivity index (χ2n) is 2.18. The van der Waals surface area contributed by atoms with Crippen molar-refractivity contribution in [3.8, 4) is 0 Å². The van der Waals surface area contributed by atoms with Crippen molar-refractivity contribution < 1.29 is 4.42 Å². The van der Waals surface area contributed by atoms with Gasteiger partial charge in [-0.25, -0.2) is 9.97 Å². The van der Waals surface area contributed by atoms with E-state index in [-0.39, 0.29) is 0 Å². The zero-order valence-corrected chi connectivity index (χ0v) is 7.42. The van der Waals surface area contributed by atoms with E-state index in [0.29, 0.717) is 16.1 Å². The summed E-state index contributed by atoms with van der Waals surface area (Å²) in [7, 11) is 0. The molecule has 2 aromatic rings. The van der Waals surface area contributed by atoms with Crippen LogP contribution in [0.3, 0.4) is 0 Å². The molecule has 0 spiro atoms. The molecule has 0 bridgehead atoms. The summed E-state index contributed by atoms with van der Waals surface area (Å²) in [5.41, 5.74) is 1.55. The van der Waals surface area contributed by atoms with Gasteiger partial charge in [0.05, 0.1) is 0 Å². The molecule has 0 saturated carbocycles. The van der Waals surface area contributed by atoms with Crippen LogP contribution >= 0.6 is 15.9 Å². The van der Waals surface area contributed by atoms with Crippen LogP contribution in [0, 0.1) is 6.92 Å². The minimum atomic E-state index is 0.661. The summed E-state index contributed by atoms with van der Waals surface area (Å²) in [6.45, 7) is 1.81. The minimum Gasteiger partial charge on any atom is -0.438 e. The molecule has 0 saturated heterocycles. The number of rotatable bonds is 0. The van der Waals surface area contributed by atoms with E-state index in [1.807, 2.05) is 13.0 Å². The van der Waals surface area contributed by atoms with Crippen molar-refractivity contribution in [2.24, 2.45) is 0 Å². The van der Waals surface area contributed by atoms with Crippen LogP contribution in [0.15, 0.2) is 21.3 Å². The van der Waals surface area contributed by atoms with Gasteiger partial charge in [-0.3, -0.25) is 0 Å². The number of hydrogen-bond acceptors (Lipinski definition) is 3. The largest absolute Gasteiger partial charge is 0.438 e. The topological polar surface area (TPSA) is 38.9 Å². The fraction of sp³-hybridized carbons (Fsp3) is 0.143. The molecule has 0 aliphatic heterocycles. The van der Waals surface area contributed by atoms with E-state index in [1.165, 1.54) is 0 Å². The highest BCUT2D eigenvalue weighted by Crippen LogP contribution is 2.21. The van der Waals surface area contributed by atoms with Crippen LogP contribution < -0.4 is 0 Å². The summed E-state index contributed by atoms with van der Waals surface area (Å²) in [5, 5.41) is 0. The van der Waals surface area contributed by atoms with Gasteiger partial charge in [-0.05, 0) is 22.0 Å². The molecule has 2 rings (SSSR count). The average molecular weight is 213 g/mol. The summed E-state index contributed by atoms with van der Waals surface area (Å²) in [6.07, 6.45) is 1.69. The van der Waals surface area contributed by atoms with Crippen molar-refractivity contribution in [1.82, 2.24) is 9.97 Å². The zero-order valence-electron chi connectivity index (χ0n) is 5.84. The number of oxazole rings is 1. The van der Waals surface area contributed by atoms with Gasteiger partial charge in [0.25, 0.3) is 0 Å². The Balaban J connectivity index is 2.90. The Morgan fingerprint density at radius 2 is 2.36 bits per heavy atom. The number of aromatic nitrogens is 2. The van der Waals surface area contributed by atoms with Crippen LogP contribution in [0.5, 0.6) is 0 Å². The normalized spacial score (nSPS) is 10.7. The lowest BCUT2D eigenvalue weighted by Gasteiger charge is -1.86. The van der Waals surface area contributed by atoms with Gasteiger partial charge in [0.2, 0.25) is 0 Å². The van der Waals surface area contributed by atoms with Gasteiger partial charge < -0.3 is 4.42 Å². The van der Waals surface area contributed by atoms with Crippen molar-refractivity contribution in [3.63, 3.8) is 0 Å². The standard InChI is InChI=1S/C7H5BrN2O/c1-4-10-5-2-3-9-7(8)6(5)11-4/h2-3H,1H3. The number of halogens is 1. The molecule has 0 aromatic carbocycles. The Labute approximate surface area is 71.6 Å². The predicted molar refractivity (Wildman–Crippen MR) is 44.2 cm³/mol. The molecular formula is C7H5BrN2O. The summed E-state index contributed by atoms with van der Waals surface area (Å²) >= 11 is 3.27. The summed E-state index contributed by atoms with van der Waals surface area (Å²) < 4.78 is 5.98. The fourth-order valence-electron chi connectivity index (χ4n) is 0.936. The van der Waals surface area contributed by atoms with Crippen LogP contribution in [0.2, 0.25) is 0 Å². The third-order valence-electron chi connectivity index (χ3n) is 1.37. The smallest absolute Gasteiger partial charge is 0.192 e. The van der Waals surface area contributed by atoms with E-state index in [1.54, 1.807) is 6.20 Å². The Hall–Kier alpha value is -0.900. The van der Waals surface area contributed by atoms with E-state index in [4.69, 9.17) is 4.42 Å². The maximum absolute atomic E-state index is 5.28. The quantitative estimate of drug-likeness (QED) is 0.630. The number of aryl methyl sites for hydroxylation is 1. The lowest BCUT2D eigenvalue weighted by Crippen LogP contribution is -1.73. The first kappa shape index (κ1) is 6.79. The Morgan fingerprint density at radius 3 is 3.09 bits per heavy atom. The minimum absolute atomic E-state index is 0.661. The predicted octanol–water partition coefficient (Wildman–Crippen LogP) is 2.29. The molecule has 4 heteroatoms. The third-order valence-corrected chi connectivity index (χ3v) is 1.93. The van der Waals surface area contributed by atoms with Crippen molar-refractivity contribution in [2.75, 3.05) is 0 Å². The summed E-state index contributed by atoms with van der Waals surface area (Å²) in [6, 6.07) is 1.82. The van der Waals surface area contributed by atoms with Crippen molar-refractivity contribution in [2.45, 2.75) is 6.92 Å². The molecule has 0 unspecified atom stereocenters. The fourth-order valence-corrected chi connectivity index (χ4v) is 1.34. The number of nitrogens with zero attached hydrogens (tertiary/aromatic N) is 2. The molecule has 2 heterocycles. The highest BCUT2D eigenvalue weighted by molar-refractivity contribution is 9.10. The Morgan fingerprint density at radius 1 is 1.55 bits per heavy atom. The van der Waals surface area contributed by atoms with E-state index in [0.717, 1.165) is 5.52 Å². The molecule has 0 aliphatic rings. The molecule has 0 fully saturated rings. The molecule has 56 valence electrons. The van der Waals surface area contributed by atoms with E-state index >= 15 is 0 Å². The van der Waals surface area contributed by atoms with Crippen LogP contribution in [-0.2, 0) is 0 Å². The zero-order chi connectivity index (χ0) is 7.84. The molecule has 0 amide bonds. The Bertz CT molecular complexity index is 396. The molecule has 0 N–H and O–H groups in total. The van der Waals surface area contributed by atoms with Crippen LogP contribution in [-0.4, -0.2) is 9.97 Å². The third kappa shape index (κ3) is 1.03. The molecule has 0 atom stereocenters. The highest BCUT2D eigenvalue weighted by Gasteiger charge is 2.04. The molecule has 0 radical (unpaired) electrons. The van der Waals surface area contributed by atoms with Gasteiger partial charge >= 0.3 is 0 Å². The lowest BCUT2D eigenvalue weighted by molar-refractivity contribution is 0.558. The Kier molecular flexibility index (Phi) is 1.42. The first-order valence-corrected chi connectivity index (χ1v) is 3.94. The van der Waals surface area contributed by atoms with Gasteiger partial charge in [-0.15, -0.1) is 0 Å². The molecule has 0 aliphatic carbocycles. The van der Waals surface area contributed by atoms with Crippen molar-refractivity contribution >= 4 is 27.0 Å². The van der Waals surface area contributed by atoms with Crippen LogP contribution in [0.1, 0.15) is 5.89 Å². The first-order chi connectivity index (χ1) is 5.27. The van der Waals surface area contributed by atoms with Crippen LogP contribution in [0.4, 0.5) is 0 Å². The van der Waals surface area contributed by atoms with Crippen molar-refractivity contribution in [3.05, 3.63) is 22.8 Å². The second-order valence-corrected chi connectivity index (χ2v) is 2.93. The van der Waals surface area contributed by atoms with Gasteiger partial charge in [-0.2, -0.15) is 0 Å². The average Bonchev–Trinajstić information content (AvgIpc) is 2.31. The van der Waals surface area contributed by atoms with E-state index < -0.39 is 0 Å². The lowest BCUT2D eigenvalue weighted by atomic mass is 10.4. The summed E-state index contributed by atoms with van der Waals surface area (Å²) in [4.78, 5) is 8.14. The van der Waals surface area contributed by atoms with E-state index in [2.05, 4.69) is 25.9 Å². The van der Waals surface area contributed by atoms with Gasteiger partial charge in [0.15, 0.2) is 16.1 Å². The number of pyridine rings is 1.